The van der Waals surface area contributed by atoms with E-state index in [9.17, 15) is 9.59 Å². The maximum Gasteiger partial charge on any atom is 0.306 e. The molecule has 0 aliphatic rings. The van der Waals surface area contributed by atoms with Gasteiger partial charge in [0.15, 0.2) is 6.61 Å². The molecule has 0 aromatic carbocycles. The first-order valence-electron chi connectivity index (χ1n) is 8.14. The fourth-order valence-electron chi connectivity index (χ4n) is 2.68. The molecular formula is C18H16N4O4S. The molecule has 3 rings (SSSR count). The second-order valence-electron chi connectivity index (χ2n) is 5.82. The number of rotatable bonds is 6. The minimum absolute atomic E-state index is 0.0657. The van der Waals surface area contributed by atoms with Crippen molar-refractivity contribution >= 4 is 17.3 Å². The lowest BCUT2D eigenvalue weighted by atomic mass is 9.99. The van der Waals surface area contributed by atoms with E-state index in [0.29, 0.717) is 23.5 Å². The number of ether oxygens (including phenoxy) is 1. The number of hydrogen-bond donors (Lipinski definition) is 1. The Hall–Kier alpha value is -3.25. The number of esters is 1. The van der Waals surface area contributed by atoms with Crippen LogP contribution in [0.1, 0.15) is 34.7 Å². The minimum Gasteiger partial charge on any atom is -0.456 e. The molecule has 3 heterocycles. The van der Waals surface area contributed by atoms with Crippen LogP contribution in [-0.4, -0.2) is 21.1 Å². The number of carbonyl (C=O) groups is 1. The molecule has 0 spiro atoms. The minimum atomic E-state index is -0.436. The summed E-state index contributed by atoms with van der Waals surface area (Å²) in [6.07, 6.45) is 0.455. The first-order chi connectivity index (χ1) is 13.0. The molecule has 0 amide bonds. The molecule has 0 saturated heterocycles. The molecule has 0 aliphatic carbocycles. The molecule has 0 saturated carbocycles. The number of aromatic amines is 1. The molecule has 9 heteroatoms. The Kier molecular flexibility index (Phi) is 5.47. The molecule has 0 unspecified atom stereocenters. The molecule has 1 N–H and O–H groups in total. The van der Waals surface area contributed by atoms with Gasteiger partial charge < -0.3 is 14.2 Å². The maximum absolute atomic E-state index is 12.0. The summed E-state index contributed by atoms with van der Waals surface area (Å²) in [6, 6.07) is 5.65. The van der Waals surface area contributed by atoms with Crippen LogP contribution in [0.2, 0.25) is 0 Å². The summed E-state index contributed by atoms with van der Waals surface area (Å²) in [7, 11) is 0. The van der Waals surface area contributed by atoms with Gasteiger partial charge in [0.05, 0.1) is 4.88 Å². The van der Waals surface area contributed by atoms with Crippen molar-refractivity contribution in [2.45, 2.75) is 33.3 Å². The predicted octanol–water partition coefficient (Wildman–Crippen LogP) is 2.65. The van der Waals surface area contributed by atoms with Gasteiger partial charge in [-0.1, -0.05) is 11.2 Å². The van der Waals surface area contributed by atoms with Crippen LogP contribution in [0.15, 0.2) is 26.8 Å². The number of aryl methyl sites for hydroxylation is 1. The highest BCUT2D eigenvalue weighted by Crippen LogP contribution is 2.21. The van der Waals surface area contributed by atoms with Crippen LogP contribution in [0.3, 0.4) is 0 Å². The number of nitrogens with zero attached hydrogens (tertiary/aromatic N) is 3. The number of pyridine rings is 1. The van der Waals surface area contributed by atoms with Crippen molar-refractivity contribution in [2.24, 2.45) is 0 Å². The van der Waals surface area contributed by atoms with Crippen molar-refractivity contribution in [3.8, 4) is 16.8 Å². The first-order valence-corrected chi connectivity index (χ1v) is 9.02. The van der Waals surface area contributed by atoms with Crippen LogP contribution < -0.4 is 5.56 Å². The van der Waals surface area contributed by atoms with Crippen LogP contribution in [0.5, 0.6) is 0 Å². The SMILES string of the molecule is Cc1[nH]c(=O)c(C#N)c(C)c1CCC(=O)OCc1nc(-c2cccs2)no1. The van der Waals surface area contributed by atoms with Gasteiger partial charge in [-0.2, -0.15) is 10.2 Å². The van der Waals surface area contributed by atoms with Gasteiger partial charge in [0.2, 0.25) is 5.82 Å². The third-order valence-electron chi connectivity index (χ3n) is 4.07. The Morgan fingerprint density at radius 2 is 2.26 bits per heavy atom. The van der Waals surface area contributed by atoms with Crippen LogP contribution in [0.25, 0.3) is 10.7 Å². The molecule has 3 aromatic heterocycles. The fraction of sp³-hybridized carbons (Fsp3) is 0.278. The second kappa shape index (κ2) is 7.97. The summed E-state index contributed by atoms with van der Waals surface area (Å²) in [5.41, 5.74) is 1.64. The summed E-state index contributed by atoms with van der Waals surface area (Å²) in [6.45, 7) is 3.33. The van der Waals surface area contributed by atoms with Crippen LogP contribution in [0, 0.1) is 25.2 Å². The zero-order chi connectivity index (χ0) is 19.4. The van der Waals surface area contributed by atoms with Gasteiger partial charge in [-0.15, -0.1) is 11.3 Å². The smallest absolute Gasteiger partial charge is 0.306 e. The predicted molar refractivity (Wildman–Crippen MR) is 97.0 cm³/mol. The number of H-pyrrole nitrogens is 1. The van der Waals surface area contributed by atoms with E-state index in [4.69, 9.17) is 14.5 Å². The average Bonchev–Trinajstić information content (AvgIpc) is 3.31. The van der Waals surface area contributed by atoms with Gasteiger partial charge in [-0.05, 0) is 42.8 Å². The number of aromatic nitrogens is 3. The Balaban J connectivity index is 1.58. The molecule has 0 radical (unpaired) electrons. The van der Waals surface area contributed by atoms with Crippen molar-refractivity contribution in [1.29, 1.82) is 5.26 Å². The molecule has 0 atom stereocenters. The highest BCUT2D eigenvalue weighted by molar-refractivity contribution is 7.13. The lowest BCUT2D eigenvalue weighted by Gasteiger charge is -2.10. The highest BCUT2D eigenvalue weighted by Gasteiger charge is 2.15. The van der Waals surface area contributed by atoms with E-state index in [0.717, 1.165) is 10.4 Å². The van der Waals surface area contributed by atoms with Crippen molar-refractivity contribution in [3.63, 3.8) is 0 Å². The summed E-state index contributed by atoms with van der Waals surface area (Å²) in [5, 5.41) is 14.8. The van der Waals surface area contributed by atoms with E-state index in [1.807, 2.05) is 23.6 Å². The van der Waals surface area contributed by atoms with Crippen LogP contribution in [-0.2, 0) is 22.6 Å². The van der Waals surface area contributed by atoms with E-state index < -0.39 is 11.5 Å². The normalized spacial score (nSPS) is 10.6. The Labute approximate surface area is 158 Å². The average molecular weight is 384 g/mol. The van der Waals surface area contributed by atoms with Crippen LogP contribution >= 0.6 is 11.3 Å². The maximum atomic E-state index is 12.0. The largest absolute Gasteiger partial charge is 0.456 e. The molecule has 27 heavy (non-hydrogen) atoms. The number of carbonyl (C=O) groups excluding carboxylic acids is 1. The summed E-state index contributed by atoms with van der Waals surface area (Å²) < 4.78 is 10.2. The van der Waals surface area contributed by atoms with Gasteiger partial charge in [-0.3, -0.25) is 9.59 Å². The summed E-state index contributed by atoms with van der Waals surface area (Å²) in [4.78, 5) is 31.4. The van der Waals surface area contributed by atoms with Gasteiger partial charge in [0.1, 0.15) is 11.6 Å². The highest BCUT2D eigenvalue weighted by atomic mass is 32.1. The number of thiophene rings is 1. The molecule has 138 valence electrons. The fourth-order valence-corrected chi connectivity index (χ4v) is 3.33. The number of nitrogens with one attached hydrogen (secondary N) is 1. The standard InChI is InChI=1S/C18H16N4O4S/c1-10-12(11(2)20-18(24)13(10)8-19)5-6-16(23)25-9-15-21-17(22-26-15)14-4-3-7-27-14/h3-4,7H,5-6,9H2,1-2H3,(H,20,24). The molecule has 0 fully saturated rings. The van der Waals surface area contributed by atoms with Gasteiger partial charge in [-0.25, -0.2) is 0 Å². The van der Waals surface area contributed by atoms with E-state index in [1.165, 1.54) is 11.3 Å². The third-order valence-corrected chi connectivity index (χ3v) is 4.93. The molecular weight excluding hydrogens is 368 g/mol. The van der Waals surface area contributed by atoms with Gasteiger partial charge >= 0.3 is 5.97 Å². The third kappa shape index (κ3) is 4.12. The Morgan fingerprint density at radius 1 is 1.44 bits per heavy atom. The monoisotopic (exact) mass is 384 g/mol. The molecule has 8 nitrogen and oxygen atoms in total. The topological polar surface area (TPSA) is 122 Å². The van der Waals surface area contributed by atoms with Crippen molar-refractivity contribution in [2.75, 3.05) is 0 Å². The zero-order valence-corrected chi connectivity index (χ0v) is 15.6. The summed E-state index contributed by atoms with van der Waals surface area (Å²) >= 11 is 1.49. The van der Waals surface area contributed by atoms with E-state index in [2.05, 4.69) is 15.1 Å². The van der Waals surface area contributed by atoms with Crippen molar-refractivity contribution in [1.82, 2.24) is 15.1 Å². The Morgan fingerprint density at radius 3 is 2.96 bits per heavy atom. The van der Waals surface area contributed by atoms with E-state index in [-0.39, 0.29) is 24.5 Å². The lowest BCUT2D eigenvalue weighted by Crippen LogP contribution is -2.17. The van der Waals surface area contributed by atoms with Crippen molar-refractivity contribution < 1.29 is 14.1 Å². The Bertz CT molecular complexity index is 1060. The number of hydrogen-bond acceptors (Lipinski definition) is 8. The molecule has 0 aliphatic heterocycles. The van der Waals surface area contributed by atoms with E-state index >= 15 is 0 Å². The van der Waals surface area contributed by atoms with Gasteiger partial charge in [0.25, 0.3) is 11.4 Å². The zero-order valence-electron chi connectivity index (χ0n) is 14.7. The van der Waals surface area contributed by atoms with E-state index in [1.54, 1.807) is 13.8 Å². The summed E-state index contributed by atoms with van der Waals surface area (Å²) in [5.74, 6) is 0.240. The number of nitriles is 1. The van der Waals surface area contributed by atoms with Gasteiger partial charge in [0, 0.05) is 12.1 Å². The molecule has 3 aromatic rings. The quantitative estimate of drug-likeness (QED) is 0.648. The van der Waals surface area contributed by atoms with Crippen molar-refractivity contribution in [3.05, 3.63) is 56.1 Å². The molecule has 0 bridgehead atoms. The first kappa shape index (κ1) is 18.5. The lowest BCUT2D eigenvalue weighted by molar-refractivity contribution is -0.145. The second-order valence-corrected chi connectivity index (χ2v) is 6.77. The van der Waals surface area contributed by atoms with Crippen LogP contribution in [0.4, 0.5) is 0 Å².